The summed E-state index contributed by atoms with van der Waals surface area (Å²) in [5.41, 5.74) is 3.91. The van der Waals surface area contributed by atoms with Crippen LogP contribution in [0.15, 0.2) is 133 Å². The Labute approximate surface area is 285 Å². The predicted molar refractivity (Wildman–Crippen MR) is 182 cm³/mol. The van der Waals surface area contributed by atoms with E-state index in [1.807, 2.05) is 127 Å². The van der Waals surface area contributed by atoms with Crippen LogP contribution in [0, 0.1) is 0 Å². The SMILES string of the molecule is CC(=O)O[C@]1(c2nccs2)O[C@H](COCc2ccccc2)[C@@H](OCc2ccccc2)[C@H](OCc2ccccc2)[C@@H]1OCc1ccccc1. The van der Waals surface area contributed by atoms with Crippen molar-refractivity contribution >= 4 is 17.3 Å². The molecule has 1 fully saturated rings. The highest BCUT2D eigenvalue weighted by Gasteiger charge is 2.61. The van der Waals surface area contributed by atoms with Gasteiger partial charge < -0.3 is 28.4 Å². The third kappa shape index (κ3) is 8.62. The van der Waals surface area contributed by atoms with E-state index in [0.717, 1.165) is 22.3 Å². The van der Waals surface area contributed by atoms with Crippen molar-refractivity contribution in [1.29, 1.82) is 0 Å². The van der Waals surface area contributed by atoms with Crippen molar-refractivity contribution in [2.75, 3.05) is 6.61 Å². The van der Waals surface area contributed by atoms with E-state index in [4.69, 9.17) is 28.4 Å². The maximum atomic E-state index is 12.9. The summed E-state index contributed by atoms with van der Waals surface area (Å²) in [6.45, 7) is 2.58. The van der Waals surface area contributed by atoms with Crippen molar-refractivity contribution in [2.45, 2.75) is 63.6 Å². The average molecular weight is 666 g/mol. The third-order valence-corrected chi connectivity index (χ3v) is 8.82. The van der Waals surface area contributed by atoms with Crippen molar-refractivity contribution in [3.8, 4) is 0 Å². The molecule has 2 heterocycles. The summed E-state index contributed by atoms with van der Waals surface area (Å²) in [6, 6.07) is 39.5. The maximum Gasteiger partial charge on any atom is 0.305 e. The predicted octanol–water partition coefficient (Wildman–Crippen LogP) is 7.23. The summed E-state index contributed by atoms with van der Waals surface area (Å²) in [5, 5.41) is 2.25. The molecule has 9 heteroatoms. The lowest BCUT2D eigenvalue weighted by Crippen LogP contribution is -2.66. The Kier molecular flexibility index (Phi) is 11.7. The Morgan fingerprint density at radius 3 is 1.65 bits per heavy atom. The molecule has 0 radical (unpaired) electrons. The minimum absolute atomic E-state index is 0.124. The van der Waals surface area contributed by atoms with E-state index in [0.29, 0.717) is 18.2 Å². The van der Waals surface area contributed by atoms with E-state index in [1.54, 1.807) is 6.20 Å². The highest BCUT2D eigenvalue weighted by Crippen LogP contribution is 2.45. The molecule has 1 saturated heterocycles. The Balaban J connectivity index is 1.40. The fourth-order valence-electron chi connectivity index (χ4n) is 5.74. The highest BCUT2D eigenvalue weighted by atomic mass is 32.1. The van der Waals surface area contributed by atoms with Crippen molar-refractivity contribution in [3.63, 3.8) is 0 Å². The molecule has 0 N–H and O–H groups in total. The molecule has 0 aliphatic carbocycles. The number of benzene rings is 4. The van der Waals surface area contributed by atoms with Gasteiger partial charge in [0.05, 0.1) is 33.0 Å². The topological polar surface area (TPSA) is 85.3 Å². The first-order valence-electron chi connectivity index (χ1n) is 16.0. The van der Waals surface area contributed by atoms with Crippen LogP contribution in [0.5, 0.6) is 0 Å². The molecule has 4 aromatic carbocycles. The summed E-state index contributed by atoms with van der Waals surface area (Å²) < 4.78 is 39.6. The molecular weight excluding hydrogens is 626 g/mol. The molecule has 0 spiro atoms. The highest BCUT2D eigenvalue weighted by molar-refractivity contribution is 7.09. The monoisotopic (exact) mass is 665 g/mol. The minimum atomic E-state index is -1.75. The number of hydrogen-bond acceptors (Lipinski definition) is 9. The van der Waals surface area contributed by atoms with Crippen LogP contribution in [0.25, 0.3) is 0 Å². The summed E-state index contributed by atoms with van der Waals surface area (Å²) in [4.78, 5) is 17.5. The van der Waals surface area contributed by atoms with Gasteiger partial charge in [-0.1, -0.05) is 121 Å². The van der Waals surface area contributed by atoms with Crippen LogP contribution in [-0.4, -0.2) is 42.0 Å². The molecular formula is C39H39NO7S. The number of esters is 1. The Morgan fingerprint density at radius 1 is 0.688 bits per heavy atom. The van der Waals surface area contributed by atoms with Gasteiger partial charge in [0.2, 0.25) is 0 Å². The first-order chi connectivity index (χ1) is 23.6. The molecule has 0 saturated carbocycles. The van der Waals surface area contributed by atoms with Gasteiger partial charge in [-0.2, -0.15) is 0 Å². The summed E-state index contributed by atoms with van der Waals surface area (Å²) in [6.07, 6.45) is -1.52. The second-order valence-corrected chi connectivity index (χ2v) is 12.4. The Morgan fingerprint density at radius 2 is 1.17 bits per heavy atom. The average Bonchev–Trinajstić information content (AvgIpc) is 3.68. The summed E-state index contributed by atoms with van der Waals surface area (Å²) in [5.74, 6) is -2.29. The summed E-state index contributed by atoms with van der Waals surface area (Å²) in [7, 11) is 0. The van der Waals surface area contributed by atoms with Crippen LogP contribution >= 0.6 is 11.3 Å². The van der Waals surface area contributed by atoms with E-state index in [2.05, 4.69) is 4.98 Å². The molecule has 5 aromatic rings. The van der Waals surface area contributed by atoms with Crippen molar-refractivity contribution < 1.29 is 33.2 Å². The molecule has 0 bridgehead atoms. The standard InChI is InChI=1S/C39H39NO7S/c1-29(41)46-39(38-40-22-23-48-38)37(45-27-33-20-12-5-13-21-33)36(44-26-32-18-10-4-11-19-32)35(43-25-31-16-8-3-9-17-31)34(47-39)28-42-24-30-14-6-2-7-15-30/h2-23,34-37H,24-28H2,1H3/t34-,35-,36+,37+,39+/m1/s1. The van der Waals surface area contributed by atoms with Crippen LogP contribution in [0.2, 0.25) is 0 Å². The number of carbonyl (C=O) groups excluding carboxylic acids is 1. The number of ether oxygens (including phenoxy) is 6. The Bertz CT molecular complexity index is 1660. The fourth-order valence-corrected chi connectivity index (χ4v) is 6.49. The van der Waals surface area contributed by atoms with Gasteiger partial charge >= 0.3 is 5.97 Å². The molecule has 0 amide bonds. The fraction of sp³-hybridized carbons (Fsp3) is 0.282. The molecule has 5 atom stereocenters. The van der Waals surface area contributed by atoms with E-state index >= 15 is 0 Å². The second kappa shape index (κ2) is 16.7. The minimum Gasteiger partial charge on any atom is -0.423 e. The van der Waals surface area contributed by atoms with Crippen LogP contribution in [-0.2, 0) is 65.4 Å². The Hall–Kier alpha value is -4.22. The molecule has 48 heavy (non-hydrogen) atoms. The number of carbonyl (C=O) groups is 1. The number of rotatable bonds is 15. The number of thiazole rings is 1. The molecule has 0 unspecified atom stereocenters. The molecule has 1 aliphatic heterocycles. The molecule has 6 rings (SSSR count). The van der Waals surface area contributed by atoms with Crippen LogP contribution < -0.4 is 0 Å². The van der Waals surface area contributed by atoms with E-state index in [1.165, 1.54) is 18.3 Å². The number of nitrogens with zero attached hydrogens (tertiary/aromatic N) is 1. The van der Waals surface area contributed by atoms with Crippen LogP contribution in [0.3, 0.4) is 0 Å². The van der Waals surface area contributed by atoms with Crippen molar-refractivity contribution in [3.05, 3.63) is 160 Å². The molecule has 1 aromatic heterocycles. The van der Waals surface area contributed by atoms with Gasteiger partial charge in [0.25, 0.3) is 5.79 Å². The zero-order valence-electron chi connectivity index (χ0n) is 26.8. The van der Waals surface area contributed by atoms with Gasteiger partial charge in [-0.15, -0.1) is 11.3 Å². The van der Waals surface area contributed by atoms with Gasteiger partial charge in [-0.05, 0) is 22.3 Å². The largest absolute Gasteiger partial charge is 0.423 e. The van der Waals surface area contributed by atoms with Gasteiger partial charge in [-0.3, -0.25) is 4.79 Å². The normalized spacial score (nSPS) is 22.3. The van der Waals surface area contributed by atoms with Gasteiger partial charge in [0, 0.05) is 18.5 Å². The lowest BCUT2D eigenvalue weighted by molar-refractivity contribution is -0.379. The van der Waals surface area contributed by atoms with Crippen LogP contribution in [0.1, 0.15) is 34.2 Å². The van der Waals surface area contributed by atoms with E-state index in [9.17, 15) is 4.79 Å². The van der Waals surface area contributed by atoms with Gasteiger partial charge in [-0.25, -0.2) is 4.98 Å². The van der Waals surface area contributed by atoms with E-state index in [-0.39, 0.29) is 19.8 Å². The lowest BCUT2D eigenvalue weighted by Gasteiger charge is -2.50. The zero-order valence-corrected chi connectivity index (χ0v) is 27.6. The maximum absolute atomic E-state index is 12.9. The quantitative estimate of drug-likeness (QED) is 0.108. The number of aromatic nitrogens is 1. The van der Waals surface area contributed by atoms with Crippen LogP contribution in [0.4, 0.5) is 0 Å². The summed E-state index contributed by atoms with van der Waals surface area (Å²) >= 11 is 1.32. The third-order valence-electron chi connectivity index (χ3n) is 7.95. The molecule has 8 nitrogen and oxygen atoms in total. The molecule has 248 valence electrons. The van der Waals surface area contributed by atoms with E-state index < -0.39 is 36.2 Å². The first-order valence-corrected chi connectivity index (χ1v) is 16.8. The first kappa shape index (κ1) is 33.7. The molecule has 1 aliphatic rings. The van der Waals surface area contributed by atoms with Crippen molar-refractivity contribution in [1.82, 2.24) is 4.98 Å². The zero-order chi connectivity index (χ0) is 33.0. The smallest absolute Gasteiger partial charge is 0.305 e. The lowest BCUT2D eigenvalue weighted by atomic mass is 9.91. The van der Waals surface area contributed by atoms with Gasteiger partial charge in [0.15, 0.2) is 11.1 Å². The number of hydrogen-bond donors (Lipinski definition) is 0. The van der Waals surface area contributed by atoms with Crippen molar-refractivity contribution in [2.24, 2.45) is 0 Å². The van der Waals surface area contributed by atoms with Gasteiger partial charge in [0.1, 0.15) is 18.3 Å². The second-order valence-electron chi connectivity index (χ2n) is 11.5.